The number of hydrogen-bond donors (Lipinski definition) is 1. The number of rotatable bonds is 4. The average Bonchev–Trinajstić information content (AvgIpc) is 2.93. The molecule has 2 aromatic rings. The fourth-order valence-corrected chi connectivity index (χ4v) is 5.60. The van der Waals surface area contributed by atoms with E-state index in [1.54, 1.807) is 0 Å². The number of ketones is 1. The molecule has 1 aromatic heterocycles. The molecule has 4 nitrogen and oxygen atoms in total. The lowest BCUT2D eigenvalue weighted by atomic mass is 9.98. The molecule has 1 N–H and O–H groups in total. The first-order valence-electron chi connectivity index (χ1n) is 9.34. The summed E-state index contributed by atoms with van der Waals surface area (Å²) in [7, 11) is 0. The number of nitrogens with one attached hydrogen (secondary N) is 1. The molecule has 0 spiro atoms. The number of amides is 1. The van der Waals surface area contributed by atoms with Crippen molar-refractivity contribution in [3.8, 4) is 0 Å². The number of fused-ring (bicyclic) bond motifs is 1. The highest BCUT2D eigenvalue weighted by molar-refractivity contribution is 7.17. The maximum atomic E-state index is 13.3. The van der Waals surface area contributed by atoms with E-state index in [0.29, 0.717) is 22.7 Å². The van der Waals surface area contributed by atoms with Gasteiger partial charge in [-0.1, -0.05) is 58.0 Å². The second kappa shape index (κ2) is 6.01. The highest BCUT2D eigenvalue weighted by Gasteiger charge is 2.68. The number of carbonyl (C=O) groups is 2. The molecule has 4 rings (SSSR count). The first-order valence-corrected chi connectivity index (χ1v) is 10.2. The third kappa shape index (κ3) is 2.67. The molecule has 1 aliphatic heterocycles. The van der Waals surface area contributed by atoms with Crippen LogP contribution in [0.3, 0.4) is 0 Å². The van der Waals surface area contributed by atoms with E-state index in [4.69, 9.17) is 4.74 Å². The summed E-state index contributed by atoms with van der Waals surface area (Å²) >= 11 is 1.47. The van der Waals surface area contributed by atoms with Crippen LogP contribution in [0.25, 0.3) is 0 Å². The SMILES string of the molecule is CC1OCc2sc(NC(=O)C3C(C)(C)C3(C)C)c(C(=O)c3ccccc3)c21. The highest BCUT2D eigenvalue weighted by atomic mass is 32.1. The summed E-state index contributed by atoms with van der Waals surface area (Å²) in [5.74, 6) is -0.119. The van der Waals surface area contributed by atoms with Gasteiger partial charge in [0, 0.05) is 21.9 Å². The van der Waals surface area contributed by atoms with Gasteiger partial charge in [-0.3, -0.25) is 9.59 Å². The van der Waals surface area contributed by atoms with Gasteiger partial charge in [0.1, 0.15) is 5.00 Å². The molecule has 1 saturated carbocycles. The van der Waals surface area contributed by atoms with Gasteiger partial charge in [-0.2, -0.15) is 0 Å². The summed E-state index contributed by atoms with van der Waals surface area (Å²) in [6.45, 7) is 10.9. The molecule has 27 heavy (non-hydrogen) atoms. The van der Waals surface area contributed by atoms with Crippen molar-refractivity contribution in [3.63, 3.8) is 0 Å². The molecule has 142 valence electrons. The van der Waals surface area contributed by atoms with Gasteiger partial charge in [-0.05, 0) is 17.8 Å². The van der Waals surface area contributed by atoms with Crippen molar-refractivity contribution in [2.24, 2.45) is 16.7 Å². The summed E-state index contributed by atoms with van der Waals surface area (Å²) in [6, 6.07) is 9.22. The van der Waals surface area contributed by atoms with Crippen molar-refractivity contribution in [1.82, 2.24) is 0 Å². The third-order valence-electron chi connectivity index (χ3n) is 6.68. The Balaban J connectivity index is 1.71. The predicted molar refractivity (Wildman–Crippen MR) is 107 cm³/mol. The fraction of sp³-hybridized carbons (Fsp3) is 0.455. The summed E-state index contributed by atoms with van der Waals surface area (Å²) in [4.78, 5) is 27.3. The third-order valence-corrected chi connectivity index (χ3v) is 7.77. The van der Waals surface area contributed by atoms with Crippen LogP contribution < -0.4 is 5.32 Å². The van der Waals surface area contributed by atoms with Crippen LogP contribution in [-0.2, 0) is 16.1 Å². The van der Waals surface area contributed by atoms with Crippen LogP contribution in [0.15, 0.2) is 30.3 Å². The van der Waals surface area contributed by atoms with Crippen LogP contribution in [-0.4, -0.2) is 11.7 Å². The van der Waals surface area contributed by atoms with Gasteiger partial charge in [-0.15, -0.1) is 11.3 Å². The molecule has 1 atom stereocenters. The van der Waals surface area contributed by atoms with E-state index in [9.17, 15) is 9.59 Å². The van der Waals surface area contributed by atoms with Crippen molar-refractivity contribution in [3.05, 3.63) is 51.9 Å². The molecule has 2 heterocycles. The monoisotopic (exact) mass is 383 g/mol. The van der Waals surface area contributed by atoms with Gasteiger partial charge < -0.3 is 10.1 Å². The normalized spacial score (nSPS) is 22.3. The summed E-state index contributed by atoms with van der Waals surface area (Å²) in [5.41, 5.74) is 2.06. The Morgan fingerprint density at radius 1 is 1.11 bits per heavy atom. The van der Waals surface area contributed by atoms with Crippen molar-refractivity contribution in [1.29, 1.82) is 0 Å². The van der Waals surface area contributed by atoms with Crippen LogP contribution in [0.4, 0.5) is 5.00 Å². The Hall–Kier alpha value is -1.98. The molecule has 1 unspecified atom stereocenters. The summed E-state index contributed by atoms with van der Waals surface area (Å²) in [6.07, 6.45) is -0.140. The maximum absolute atomic E-state index is 13.3. The van der Waals surface area contributed by atoms with E-state index in [1.165, 1.54) is 11.3 Å². The Morgan fingerprint density at radius 3 is 2.33 bits per heavy atom. The quantitative estimate of drug-likeness (QED) is 0.739. The molecule has 0 bridgehead atoms. The molecule has 5 heteroatoms. The summed E-state index contributed by atoms with van der Waals surface area (Å²) in [5, 5.41) is 3.75. The Bertz CT molecular complexity index is 913. The van der Waals surface area contributed by atoms with Gasteiger partial charge in [0.05, 0.1) is 18.3 Å². The van der Waals surface area contributed by atoms with Gasteiger partial charge in [0.2, 0.25) is 5.91 Å². The van der Waals surface area contributed by atoms with Crippen molar-refractivity contribution >= 4 is 28.0 Å². The van der Waals surface area contributed by atoms with Crippen LogP contribution in [0.1, 0.15) is 67.1 Å². The van der Waals surface area contributed by atoms with Crippen molar-refractivity contribution in [2.75, 3.05) is 5.32 Å². The fourth-order valence-electron chi connectivity index (χ4n) is 4.40. The standard InChI is InChI=1S/C22H25NO3S/c1-12-15-14(11-26-12)27-20(16(15)17(24)13-9-7-6-8-10-13)23-19(25)18-21(2,3)22(18,4)5/h6-10,12,18H,11H2,1-5H3,(H,23,25). The molecule has 0 radical (unpaired) electrons. The lowest BCUT2D eigenvalue weighted by molar-refractivity contribution is -0.118. The zero-order chi connectivity index (χ0) is 19.6. The summed E-state index contributed by atoms with van der Waals surface area (Å²) < 4.78 is 5.72. The topological polar surface area (TPSA) is 55.4 Å². The predicted octanol–water partition coefficient (Wildman–Crippen LogP) is 5.19. The Kier molecular flexibility index (Phi) is 4.09. The van der Waals surface area contributed by atoms with E-state index >= 15 is 0 Å². The van der Waals surface area contributed by atoms with Gasteiger partial charge in [0.25, 0.3) is 0 Å². The first kappa shape index (κ1) is 18.4. The smallest absolute Gasteiger partial charge is 0.229 e. The number of carbonyl (C=O) groups excluding carboxylic acids is 2. The molecule has 1 fully saturated rings. The van der Waals surface area contributed by atoms with Crippen molar-refractivity contribution in [2.45, 2.75) is 47.3 Å². The Morgan fingerprint density at radius 2 is 1.74 bits per heavy atom. The van der Waals surface area contributed by atoms with E-state index in [-0.39, 0.29) is 34.5 Å². The lowest BCUT2D eigenvalue weighted by Crippen LogP contribution is -2.19. The van der Waals surface area contributed by atoms with Gasteiger partial charge in [0.15, 0.2) is 5.78 Å². The van der Waals surface area contributed by atoms with Crippen LogP contribution in [0.5, 0.6) is 0 Å². The number of benzene rings is 1. The first-order chi connectivity index (χ1) is 12.7. The molecular weight excluding hydrogens is 358 g/mol. The minimum absolute atomic E-state index is 0.000562. The second-order valence-corrected chi connectivity index (χ2v) is 9.76. The number of ether oxygens (including phenoxy) is 1. The van der Waals surface area contributed by atoms with Crippen molar-refractivity contribution < 1.29 is 14.3 Å². The van der Waals surface area contributed by atoms with E-state index in [1.807, 2.05) is 37.3 Å². The molecule has 1 aromatic carbocycles. The molecule has 2 aliphatic rings. The molecular formula is C22H25NO3S. The van der Waals surface area contributed by atoms with Crippen LogP contribution in [0.2, 0.25) is 0 Å². The van der Waals surface area contributed by atoms with Gasteiger partial charge in [-0.25, -0.2) is 0 Å². The minimum atomic E-state index is -0.140. The van der Waals surface area contributed by atoms with Gasteiger partial charge >= 0.3 is 0 Å². The highest BCUT2D eigenvalue weighted by Crippen LogP contribution is 2.68. The maximum Gasteiger partial charge on any atom is 0.229 e. The van der Waals surface area contributed by atoms with E-state index in [0.717, 1.165) is 10.4 Å². The molecule has 1 amide bonds. The van der Waals surface area contributed by atoms with Crippen LogP contribution in [0, 0.1) is 16.7 Å². The van der Waals surface area contributed by atoms with E-state index in [2.05, 4.69) is 33.0 Å². The largest absolute Gasteiger partial charge is 0.368 e. The van der Waals surface area contributed by atoms with Crippen LogP contribution >= 0.6 is 11.3 Å². The van der Waals surface area contributed by atoms with E-state index < -0.39 is 0 Å². The Labute approximate surface area is 163 Å². The number of anilines is 1. The number of hydrogen-bond acceptors (Lipinski definition) is 4. The zero-order valence-electron chi connectivity index (χ0n) is 16.4. The molecule has 1 aliphatic carbocycles. The zero-order valence-corrected chi connectivity index (χ0v) is 17.2. The minimum Gasteiger partial charge on any atom is -0.368 e. The number of thiophene rings is 1. The average molecular weight is 384 g/mol. The molecule has 0 saturated heterocycles. The lowest BCUT2D eigenvalue weighted by Gasteiger charge is -2.11. The second-order valence-electron chi connectivity index (χ2n) is 8.66.